The van der Waals surface area contributed by atoms with E-state index in [9.17, 15) is 4.79 Å². The van der Waals surface area contributed by atoms with Crippen LogP contribution < -0.4 is 4.74 Å². The molecule has 156 valence electrons. The third kappa shape index (κ3) is 4.01. The fourth-order valence-electron chi connectivity index (χ4n) is 4.06. The van der Waals surface area contributed by atoms with Crippen molar-refractivity contribution in [2.24, 2.45) is 5.92 Å². The molecule has 1 aromatic heterocycles. The third-order valence-corrected chi connectivity index (χ3v) is 5.55. The van der Waals surface area contributed by atoms with Crippen molar-refractivity contribution in [2.75, 3.05) is 13.7 Å². The highest BCUT2D eigenvalue weighted by Crippen LogP contribution is 2.45. The number of morpholine rings is 1. The lowest BCUT2D eigenvalue weighted by atomic mass is 9.96. The molecule has 29 heavy (non-hydrogen) atoms. The maximum absolute atomic E-state index is 12.8. The van der Waals surface area contributed by atoms with E-state index in [1.807, 2.05) is 33.8 Å². The Morgan fingerprint density at radius 3 is 2.55 bits per heavy atom. The van der Waals surface area contributed by atoms with Gasteiger partial charge in [-0.05, 0) is 43.4 Å². The van der Waals surface area contributed by atoms with Gasteiger partial charge in [0.15, 0.2) is 11.6 Å². The van der Waals surface area contributed by atoms with Crippen LogP contribution in [0, 0.1) is 5.92 Å². The van der Waals surface area contributed by atoms with Gasteiger partial charge < -0.3 is 14.4 Å². The maximum Gasteiger partial charge on any atom is 0.249 e. The first-order chi connectivity index (χ1) is 14.0. The Bertz CT molecular complexity index is 857. The van der Waals surface area contributed by atoms with E-state index in [0.717, 1.165) is 42.2 Å². The molecular formula is C22H30N4O3. The topological polar surface area (TPSA) is 69.5 Å². The number of amides is 1. The Hall–Kier alpha value is -2.41. The summed E-state index contributed by atoms with van der Waals surface area (Å²) in [5, 5.41) is 4.71. The first kappa shape index (κ1) is 19.9. The Labute approximate surface area is 172 Å². The number of benzene rings is 1. The van der Waals surface area contributed by atoms with Gasteiger partial charge in [0.2, 0.25) is 5.91 Å². The molecule has 2 aliphatic rings. The summed E-state index contributed by atoms with van der Waals surface area (Å²) < 4.78 is 13.4. The predicted molar refractivity (Wildman–Crippen MR) is 109 cm³/mol. The summed E-state index contributed by atoms with van der Waals surface area (Å²) in [5.41, 5.74) is 1.03. The molecule has 2 fully saturated rings. The fraction of sp³-hybridized carbons (Fsp3) is 0.591. The van der Waals surface area contributed by atoms with Crippen LogP contribution in [0.1, 0.15) is 63.0 Å². The second-order valence-electron chi connectivity index (χ2n) is 8.28. The summed E-state index contributed by atoms with van der Waals surface area (Å²) in [7, 11) is 1.65. The van der Waals surface area contributed by atoms with Crippen molar-refractivity contribution in [3.63, 3.8) is 0 Å². The second-order valence-corrected chi connectivity index (χ2v) is 8.28. The number of aromatic nitrogens is 3. The molecule has 2 aromatic rings. The smallest absolute Gasteiger partial charge is 0.249 e. The Kier molecular flexibility index (Phi) is 5.58. The number of hydrogen-bond acceptors (Lipinski definition) is 5. The zero-order valence-corrected chi connectivity index (χ0v) is 17.7. The summed E-state index contributed by atoms with van der Waals surface area (Å²) >= 11 is 0. The van der Waals surface area contributed by atoms with E-state index in [4.69, 9.17) is 19.6 Å². The predicted octanol–water partition coefficient (Wildman–Crippen LogP) is 3.31. The molecule has 0 N–H and O–H groups in total. The molecular weight excluding hydrogens is 368 g/mol. The van der Waals surface area contributed by atoms with Gasteiger partial charge in [0.1, 0.15) is 18.5 Å². The number of rotatable bonds is 7. The highest BCUT2D eigenvalue weighted by atomic mass is 16.5. The van der Waals surface area contributed by atoms with E-state index < -0.39 is 0 Å². The molecule has 1 aliphatic carbocycles. The Balaban J connectivity index is 1.75. The third-order valence-electron chi connectivity index (χ3n) is 5.55. The van der Waals surface area contributed by atoms with Crippen molar-refractivity contribution < 1.29 is 14.3 Å². The second kappa shape index (κ2) is 8.14. The molecule has 0 spiro atoms. The van der Waals surface area contributed by atoms with Gasteiger partial charge >= 0.3 is 0 Å². The van der Waals surface area contributed by atoms with E-state index >= 15 is 0 Å². The van der Waals surface area contributed by atoms with Crippen LogP contribution in [0.15, 0.2) is 24.3 Å². The van der Waals surface area contributed by atoms with Crippen LogP contribution >= 0.6 is 0 Å². The van der Waals surface area contributed by atoms with Crippen LogP contribution in [-0.2, 0) is 22.5 Å². The van der Waals surface area contributed by atoms with E-state index in [2.05, 4.69) is 20.8 Å². The summed E-state index contributed by atoms with van der Waals surface area (Å²) in [5.74, 6) is 2.97. The molecule has 0 bridgehead atoms. The molecule has 1 saturated heterocycles. The SMILES string of the molecule is CCn1nc(CC(C)C)nc1[C@H]1OCC(=O)N(C2CC2)[C@@H]1c1ccc(OC)cc1. The average Bonchev–Trinajstić information content (AvgIpc) is 3.47. The highest BCUT2D eigenvalue weighted by molar-refractivity contribution is 5.79. The fourth-order valence-corrected chi connectivity index (χ4v) is 4.06. The van der Waals surface area contributed by atoms with Crippen molar-refractivity contribution in [3.8, 4) is 5.75 Å². The molecule has 7 heteroatoms. The summed E-state index contributed by atoms with van der Waals surface area (Å²) in [6.45, 7) is 7.19. The van der Waals surface area contributed by atoms with E-state index in [1.165, 1.54) is 0 Å². The van der Waals surface area contributed by atoms with Crippen molar-refractivity contribution >= 4 is 5.91 Å². The largest absolute Gasteiger partial charge is 0.497 e. The molecule has 0 unspecified atom stereocenters. The number of hydrogen-bond donors (Lipinski definition) is 0. The molecule has 1 amide bonds. The van der Waals surface area contributed by atoms with Crippen LogP contribution in [0.4, 0.5) is 0 Å². The van der Waals surface area contributed by atoms with Gasteiger partial charge in [-0.25, -0.2) is 9.67 Å². The number of aryl methyl sites for hydroxylation is 1. The van der Waals surface area contributed by atoms with Gasteiger partial charge in [-0.2, -0.15) is 5.10 Å². The normalized spacial score (nSPS) is 22.4. The number of methoxy groups -OCH3 is 1. The van der Waals surface area contributed by atoms with Crippen molar-refractivity contribution in [1.29, 1.82) is 0 Å². The molecule has 1 saturated carbocycles. The molecule has 1 aliphatic heterocycles. The van der Waals surface area contributed by atoms with Gasteiger partial charge in [-0.15, -0.1) is 0 Å². The first-order valence-electron chi connectivity index (χ1n) is 10.5. The Morgan fingerprint density at radius 1 is 1.24 bits per heavy atom. The molecule has 2 heterocycles. The van der Waals surface area contributed by atoms with Crippen LogP contribution in [-0.4, -0.2) is 45.3 Å². The lowest BCUT2D eigenvalue weighted by Gasteiger charge is -2.41. The van der Waals surface area contributed by atoms with E-state index in [-0.39, 0.29) is 30.7 Å². The minimum absolute atomic E-state index is 0.0505. The highest BCUT2D eigenvalue weighted by Gasteiger charge is 2.47. The number of nitrogens with zero attached hydrogens (tertiary/aromatic N) is 4. The number of ether oxygens (including phenoxy) is 2. The van der Waals surface area contributed by atoms with Crippen molar-refractivity contribution in [1.82, 2.24) is 19.7 Å². The number of carbonyl (C=O) groups excluding carboxylic acids is 1. The molecule has 4 rings (SSSR count). The maximum atomic E-state index is 12.8. The molecule has 2 atom stereocenters. The summed E-state index contributed by atoms with van der Waals surface area (Å²) in [6, 6.07) is 7.99. The van der Waals surface area contributed by atoms with Crippen molar-refractivity contribution in [3.05, 3.63) is 41.5 Å². The van der Waals surface area contributed by atoms with E-state index in [1.54, 1.807) is 7.11 Å². The molecule has 1 aromatic carbocycles. The summed E-state index contributed by atoms with van der Waals surface area (Å²) in [4.78, 5) is 19.7. The zero-order valence-electron chi connectivity index (χ0n) is 17.7. The zero-order chi connectivity index (χ0) is 20.5. The van der Waals surface area contributed by atoms with Gasteiger partial charge in [0.25, 0.3) is 0 Å². The average molecular weight is 399 g/mol. The van der Waals surface area contributed by atoms with Gasteiger partial charge in [-0.3, -0.25) is 4.79 Å². The van der Waals surface area contributed by atoms with Gasteiger partial charge in [0, 0.05) is 19.0 Å². The van der Waals surface area contributed by atoms with Crippen LogP contribution in [0.5, 0.6) is 5.75 Å². The minimum atomic E-state index is -0.338. The number of carbonyl (C=O) groups is 1. The molecule has 0 radical (unpaired) electrons. The lowest BCUT2D eigenvalue weighted by Crippen LogP contribution is -2.47. The first-order valence-corrected chi connectivity index (χ1v) is 10.5. The standard InChI is InChI=1S/C22H30N4O3/c1-5-25-22(23-18(24-25)12-14(2)3)21-20(15-6-10-17(28-4)11-7-15)26(16-8-9-16)19(27)13-29-21/h6-7,10-11,14,16,20-21H,5,8-9,12-13H2,1-4H3/t20-,21+/m1/s1. The summed E-state index contributed by atoms with van der Waals surface area (Å²) in [6.07, 6.45) is 2.58. The lowest BCUT2D eigenvalue weighted by molar-refractivity contribution is -0.160. The van der Waals surface area contributed by atoms with Crippen LogP contribution in [0.25, 0.3) is 0 Å². The van der Waals surface area contributed by atoms with Crippen LogP contribution in [0.3, 0.4) is 0 Å². The van der Waals surface area contributed by atoms with Crippen LogP contribution in [0.2, 0.25) is 0 Å². The monoisotopic (exact) mass is 398 g/mol. The molecule has 7 nitrogen and oxygen atoms in total. The Morgan fingerprint density at radius 2 is 1.97 bits per heavy atom. The van der Waals surface area contributed by atoms with E-state index in [0.29, 0.717) is 12.5 Å². The van der Waals surface area contributed by atoms with Gasteiger partial charge in [0.05, 0.1) is 13.2 Å². The quantitative estimate of drug-likeness (QED) is 0.716. The minimum Gasteiger partial charge on any atom is -0.497 e. The van der Waals surface area contributed by atoms with Gasteiger partial charge in [-0.1, -0.05) is 26.0 Å². The van der Waals surface area contributed by atoms with Crippen molar-refractivity contribution in [2.45, 2.75) is 64.8 Å².